The molecule has 1 heterocycles. The molecule has 0 saturated carbocycles. The SMILES string of the molecule is COc1ccc(OC)c(CN2CCN(C(=O)CSc3ccc(Cl)cc3)CC2)c1. The van der Waals surface area contributed by atoms with Crippen LogP contribution in [-0.4, -0.2) is 61.9 Å². The van der Waals surface area contributed by atoms with Gasteiger partial charge >= 0.3 is 0 Å². The Morgan fingerprint density at radius 3 is 2.39 bits per heavy atom. The summed E-state index contributed by atoms with van der Waals surface area (Å²) in [6.45, 7) is 3.95. The highest BCUT2D eigenvalue weighted by atomic mass is 35.5. The molecule has 1 aliphatic rings. The molecule has 0 unspecified atom stereocenters. The van der Waals surface area contributed by atoms with E-state index in [0.29, 0.717) is 10.8 Å². The fourth-order valence-electron chi connectivity index (χ4n) is 3.17. The summed E-state index contributed by atoms with van der Waals surface area (Å²) in [6, 6.07) is 13.4. The predicted molar refractivity (Wildman–Crippen MR) is 114 cm³/mol. The standard InChI is InChI=1S/C21H25ClN2O3S/c1-26-18-5-8-20(27-2)16(13-18)14-23-9-11-24(12-10-23)21(25)15-28-19-6-3-17(22)4-7-19/h3-8,13H,9-12,14-15H2,1-2H3. The molecule has 0 atom stereocenters. The van der Waals surface area contributed by atoms with Gasteiger partial charge in [0.1, 0.15) is 11.5 Å². The minimum Gasteiger partial charge on any atom is -0.497 e. The van der Waals surface area contributed by atoms with Crippen molar-refractivity contribution in [3.05, 3.63) is 53.1 Å². The van der Waals surface area contributed by atoms with E-state index in [9.17, 15) is 4.79 Å². The van der Waals surface area contributed by atoms with Crippen LogP contribution in [0.15, 0.2) is 47.4 Å². The Morgan fingerprint density at radius 1 is 1.04 bits per heavy atom. The van der Waals surface area contributed by atoms with Crippen LogP contribution in [0.5, 0.6) is 11.5 Å². The maximum absolute atomic E-state index is 12.5. The Kier molecular flexibility index (Phi) is 7.48. The number of methoxy groups -OCH3 is 2. The lowest BCUT2D eigenvalue weighted by Gasteiger charge is -2.35. The quantitative estimate of drug-likeness (QED) is 0.637. The fourth-order valence-corrected chi connectivity index (χ4v) is 4.10. The fraction of sp³-hybridized carbons (Fsp3) is 0.381. The van der Waals surface area contributed by atoms with Gasteiger partial charge in [0.15, 0.2) is 0 Å². The van der Waals surface area contributed by atoms with Crippen molar-refractivity contribution in [3.63, 3.8) is 0 Å². The molecule has 3 rings (SSSR count). The number of halogens is 1. The zero-order valence-electron chi connectivity index (χ0n) is 16.2. The van der Waals surface area contributed by atoms with Gasteiger partial charge < -0.3 is 14.4 Å². The highest BCUT2D eigenvalue weighted by Gasteiger charge is 2.22. The molecule has 0 spiro atoms. The number of carbonyl (C=O) groups is 1. The van der Waals surface area contributed by atoms with Crippen molar-refractivity contribution in [2.24, 2.45) is 0 Å². The van der Waals surface area contributed by atoms with E-state index in [1.165, 1.54) is 0 Å². The number of piperazine rings is 1. The number of carbonyl (C=O) groups excluding carboxylic acids is 1. The van der Waals surface area contributed by atoms with Gasteiger partial charge in [-0.05, 0) is 42.5 Å². The molecular formula is C21H25ClN2O3S. The molecule has 1 saturated heterocycles. The van der Waals surface area contributed by atoms with Gasteiger partial charge in [-0.1, -0.05) is 11.6 Å². The first-order valence-electron chi connectivity index (χ1n) is 9.18. The third-order valence-corrected chi connectivity index (χ3v) is 6.03. The summed E-state index contributed by atoms with van der Waals surface area (Å²) in [5.74, 6) is 2.31. The van der Waals surface area contributed by atoms with Gasteiger partial charge in [-0.15, -0.1) is 11.8 Å². The first-order valence-corrected chi connectivity index (χ1v) is 10.5. The Balaban J connectivity index is 1.49. The Bertz CT molecular complexity index is 793. The maximum Gasteiger partial charge on any atom is 0.233 e. The molecule has 1 aliphatic heterocycles. The van der Waals surface area contributed by atoms with Gasteiger partial charge in [-0.3, -0.25) is 9.69 Å². The average Bonchev–Trinajstić information content (AvgIpc) is 2.73. The lowest BCUT2D eigenvalue weighted by Crippen LogP contribution is -2.48. The lowest BCUT2D eigenvalue weighted by atomic mass is 10.1. The highest BCUT2D eigenvalue weighted by Crippen LogP contribution is 2.26. The van der Waals surface area contributed by atoms with Gasteiger partial charge in [-0.2, -0.15) is 0 Å². The summed E-state index contributed by atoms with van der Waals surface area (Å²) in [5, 5.41) is 0.708. The van der Waals surface area contributed by atoms with Crippen LogP contribution in [0.25, 0.3) is 0 Å². The predicted octanol–water partition coefficient (Wildman–Crippen LogP) is 3.79. The number of nitrogens with zero attached hydrogens (tertiary/aromatic N) is 2. The van der Waals surface area contributed by atoms with E-state index >= 15 is 0 Å². The van der Waals surface area contributed by atoms with Gasteiger partial charge in [0, 0.05) is 48.2 Å². The summed E-state index contributed by atoms with van der Waals surface area (Å²) in [5.41, 5.74) is 1.10. The number of thioether (sulfide) groups is 1. The summed E-state index contributed by atoms with van der Waals surface area (Å²) in [4.78, 5) is 17.9. The van der Waals surface area contributed by atoms with E-state index in [0.717, 1.165) is 54.7 Å². The van der Waals surface area contributed by atoms with Crippen LogP contribution in [0.2, 0.25) is 5.02 Å². The van der Waals surface area contributed by atoms with Crippen LogP contribution < -0.4 is 9.47 Å². The van der Waals surface area contributed by atoms with Crippen molar-refractivity contribution >= 4 is 29.3 Å². The Hall–Kier alpha value is -1.89. The molecule has 7 heteroatoms. The third-order valence-electron chi connectivity index (χ3n) is 4.78. The van der Waals surface area contributed by atoms with E-state index in [-0.39, 0.29) is 5.91 Å². The smallest absolute Gasteiger partial charge is 0.233 e. The monoisotopic (exact) mass is 420 g/mol. The molecule has 1 amide bonds. The average molecular weight is 421 g/mol. The molecule has 0 radical (unpaired) electrons. The summed E-state index contributed by atoms with van der Waals surface area (Å²) >= 11 is 7.45. The van der Waals surface area contributed by atoms with Crippen molar-refractivity contribution in [2.45, 2.75) is 11.4 Å². The molecule has 150 valence electrons. The van der Waals surface area contributed by atoms with E-state index in [4.69, 9.17) is 21.1 Å². The van der Waals surface area contributed by atoms with Gasteiger partial charge in [0.05, 0.1) is 20.0 Å². The highest BCUT2D eigenvalue weighted by molar-refractivity contribution is 8.00. The van der Waals surface area contributed by atoms with E-state index in [2.05, 4.69) is 4.90 Å². The molecule has 0 aromatic heterocycles. The van der Waals surface area contributed by atoms with Crippen molar-refractivity contribution in [2.75, 3.05) is 46.2 Å². The molecule has 0 bridgehead atoms. The van der Waals surface area contributed by atoms with Gasteiger partial charge in [0.25, 0.3) is 0 Å². The molecule has 28 heavy (non-hydrogen) atoms. The van der Waals surface area contributed by atoms with Crippen LogP contribution in [-0.2, 0) is 11.3 Å². The number of ether oxygens (including phenoxy) is 2. The lowest BCUT2D eigenvalue weighted by molar-refractivity contribution is -0.130. The Labute approximate surface area is 175 Å². The van der Waals surface area contributed by atoms with Crippen LogP contribution in [0.4, 0.5) is 0 Å². The zero-order chi connectivity index (χ0) is 19.9. The van der Waals surface area contributed by atoms with Crippen LogP contribution in [0.1, 0.15) is 5.56 Å². The number of amides is 1. The molecule has 1 fully saturated rings. The number of benzene rings is 2. The Morgan fingerprint density at radius 2 is 1.75 bits per heavy atom. The van der Waals surface area contributed by atoms with Gasteiger partial charge in [-0.25, -0.2) is 0 Å². The van der Waals surface area contributed by atoms with Gasteiger partial charge in [0.2, 0.25) is 5.91 Å². The van der Waals surface area contributed by atoms with Crippen molar-refractivity contribution < 1.29 is 14.3 Å². The van der Waals surface area contributed by atoms with E-state index in [1.807, 2.05) is 47.4 Å². The second-order valence-electron chi connectivity index (χ2n) is 6.58. The van der Waals surface area contributed by atoms with Crippen molar-refractivity contribution in [1.29, 1.82) is 0 Å². The molecule has 5 nitrogen and oxygen atoms in total. The third kappa shape index (κ3) is 5.56. The first-order chi connectivity index (χ1) is 13.6. The summed E-state index contributed by atoms with van der Waals surface area (Å²) < 4.78 is 10.8. The minimum absolute atomic E-state index is 0.179. The van der Waals surface area contributed by atoms with Crippen LogP contribution in [0, 0.1) is 0 Å². The number of hydrogen-bond acceptors (Lipinski definition) is 5. The zero-order valence-corrected chi connectivity index (χ0v) is 17.8. The number of rotatable bonds is 7. The normalized spacial score (nSPS) is 14.8. The van der Waals surface area contributed by atoms with Crippen LogP contribution in [0.3, 0.4) is 0 Å². The van der Waals surface area contributed by atoms with Crippen molar-refractivity contribution in [1.82, 2.24) is 9.80 Å². The van der Waals surface area contributed by atoms with E-state index in [1.54, 1.807) is 26.0 Å². The largest absolute Gasteiger partial charge is 0.497 e. The molecular weight excluding hydrogens is 396 g/mol. The molecule has 2 aromatic rings. The van der Waals surface area contributed by atoms with Crippen LogP contribution >= 0.6 is 23.4 Å². The molecule has 0 aliphatic carbocycles. The van der Waals surface area contributed by atoms with E-state index < -0.39 is 0 Å². The molecule has 0 N–H and O–H groups in total. The molecule has 2 aromatic carbocycles. The topological polar surface area (TPSA) is 42.0 Å². The maximum atomic E-state index is 12.5. The van der Waals surface area contributed by atoms with Crippen molar-refractivity contribution in [3.8, 4) is 11.5 Å². The minimum atomic E-state index is 0.179. The summed E-state index contributed by atoms with van der Waals surface area (Å²) in [6.07, 6.45) is 0. The second kappa shape index (κ2) is 10.0. The second-order valence-corrected chi connectivity index (χ2v) is 8.06. The first kappa shape index (κ1) is 20.8. The number of hydrogen-bond donors (Lipinski definition) is 0. The summed E-state index contributed by atoms with van der Waals surface area (Å²) in [7, 11) is 3.35.